The van der Waals surface area contributed by atoms with Crippen molar-refractivity contribution in [1.29, 1.82) is 0 Å². The van der Waals surface area contributed by atoms with Gasteiger partial charge in [0.25, 0.3) is 0 Å². The molecule has 84 valence electrons. The van der Waals surface area contributed by atoms with E-state index in [9.17, 15) is 9.90 Å². The van der Waals surface area contributed by atoms with Crippen LogP contribution in [0.25, 0.3) is 10.1 Å². The van der Waals surface area contributed by atoms with Gasteiger partial charge in [0.15, 0.2) is 0 Å². The van der Waals surface area contributed by atoms with Gasteiger partial charge in [-0.1, -0.05) is 25.1 Å². The summed E-state index contributed by atoms with van der Waals surface area (Å²) < 4.78 is 1.18. The average Bonchev–Trinajstić information content (AvgIpc) is 2.57. The lowest BCUT2D eigenvalue weighted by Crippen LogP contribution is -2.10. The van der Waals surface area contributed by atoms with Crippen LogP contribution >= 0.6 is 11.3 Å². The molecule has 1 aromatic carbocycles. The number of carboxylic acids is 1. The highest BCUT2D eigenvalue weighted by Crippen LogP contribution is 2.36. The van der Waals surface area contributed by atoms with Gasteiger partial charge in [0.1, 0.15) is 0 Å². The van der Waals surface area contributed by atoms with E-state index in [0.29, 0.717) is 6.42 Å². The Morgan fingerprint density at radius 2 is 2.12 bits per heavy atom. The fourth-order valence-corrected chi connectivity index (χ4v) is 3.25. The molecule has 0 aliphatic rings. The number of carbonyl (C=O) groups is 1. The first-order valence-electron chi connectivity index (χ1n) is 5.36. The monoisotopic (exact) mass is 234 g/mol. The summed E-state index contributed by atoms with van der Waals surface area (Å²) in [5, 5.41) is 10.3. The fraction of sp³-hybridized carbons (Fsp3) is 0.308. The summed E-state index contributed by atoms with van der Waals surface area (Å²) in [5.74, 6) is -1.11. The minimum Gasteiger partial charge on any atom is -0.481 e. The first-order chi connectivity index (χ1) is 7.65. The third kappa shape index (κ3) is 1.71. The van der Waals surface area contributed by atoms with Crippen molar-refractivity contribution in [3.05, 3.63) is 34.7 Å². The molecule has 1 N–H and O–H groups in total. The van der Waals surface area contributed by atoms with Crippen LogP contribution in [-0.4, -0.2) is 11.1 Å². The Morgan fingerprint density at radius 1 is 1.44 bits per heavy atom. The molecule has 16 heavy (non-hydrogen) atoms. The molecule has 3 heteroatoms. The number of benzene rings is 1. The Balaban J connectivity index is 2.66. The summed E-state index contributed by atoms with van der Waals surface area (Å²) in [4.78, 5) is 12.4. The van der Waals surface area contributed by atoms with Crippen molar-refractivity contribution >= 4 is 27.4 Å². The van der Waals surface area contributed by atoms with Gasteiger partial charge in [0.05, 0.1) is 5.92 Å². The van der Waals surface area contributed by atoms with Gasteiger partial charge in [-0.15, -0.1) is 11.3 Å². The van der Waals surface area contributed by atoms with Gasteiger partial charge >= 0.3 is 5.97 Å². The molecule has 2 nitrogen and oxygen atoms in total. The van der Waals surface area contributed by atoms with Crippen molar-refractivity contribution in [2.75, 3.05) is 0 Å². The molecule has 1 heterocycles. The highest BCUT2D eigenvalue weighted by molar-refractivity contribution is 7.19. The summed E-state index contributed by atoms with van der Waals surface area (Å²) in [5.41, 5.74) is 0.996. The highest BCUT2D eigenvalue weighted by atomic mass is 32.1. The van der Waals surface area contributed by atoms with Crippen molar-refractivity contribution < 1.29 is 9.90 Å². The number of hydrogen-bond donors (Lipinski definition) is 1. The number of aryl methyl sites for hydroxylation is 1. The smallest absolute Gasteiger partial charge is 0.311 e. The summed E-state index contributed by atoms with van der Waals surface area (Å²) >= 11 is 1.68. The van der Waals surface area contributed by atoms with Gasteiger partial charge in [-0.25, -0.2) is 0 Å². The number of carboxylic acid groups (broad SMARTS) is 1. The van der Waals surface area contributed by atoms with Gasteiger partial charge in [0, 0.05) is 9.58 Å². The van der Waals surface area contributed by atoms with Crippen LogP contribution in [0.15, 0.2) is 24.3 Å². The summed E-state index contributed by atoms with van der Waals surface area (Å²) in [6.45, 7) is 3.93. The molecule has 2 aromatic rings. The molecule has 0 fully saturated rings. The van der Waals surface area contributed by atoms with Gasteiger partial charge in [-0.05, 0) is 30.4 Å². The lowest BCUT2D eigenvalue weighted by atomic mass is 9.94. The molecule has 0 spiro atoms. The van der Waals surface area contributed by atoms with E-state index in [-0.39, 0.29) is 5.92 Å². The number of hydrogen-bond acceptors (Lipinski definition) is 2. The van der Waals surface area contributed by atoms with Crippen molar-refractivity contribution in [3.63, 3.8) is 0 Å². The molecule has 0 aliphatic carbocycles. The average molecular weight is 234 g/mol. The lowest BCUT2D eigenvalue weighted by Gasteiger charge is -2.10. The van der Waals surface area contributed by atoms with Gasteiger partial charge < -0.3 is 5.11 Å². The number of fused-ring (bicyclic) bond motifs is 1. The maximum absolute atomic E-state index is 11.2. The summed E-state index contributed by atoms with van der Waals surface area (Å²) in [6, 6.07) is 8.02. The predicted molar refractivity (Wildman–Crippen MR) is 67.2 cm³/mol. The number of thiophene rings is 1. The Kier molecular flexibility index (Phi) is 2.97. The zero-order valence-electron chi connectivity index (χ0n) is 9.36. The van der Waals surface area contributed by atoms with Crippen molar-refractivity contribution in [3.8, 4) is 0 Å². The molecule has 1 unspecified atom stereocenters. The molecule has 1 atom stereocenters. The van der Waals surface area contributed by atoms with E-state index in [1.165, 1.54) is 4.70 Å². The molecule has 1 aromatic heterocycles. The Bertz CT molecular complexity index is 528. The molecule has 0 radical (unpaired) electrons. The van der Waals surface area contributed by atoms with Crippen LogP contribution in [0.3, 0.4) is 0 Å². The highest BCUT2D eigenvalue weighted by Gasteiger charge is 2.23. The summed E-state index contributed by atoms with van der Waals surface area (Å²) in [7, 11) is 0. The summed E-state index contributed by atoms with van der Waals surface area (Å²) in [6.07, 6.45) is 0.636. The van der Waals surface area contributed by atoms with Crippen LogP contribution in [-0.2, 0) is 4.79 Å². The first-order valence-corrected chi connectivity index (χ1v) is 6.17. The predicted octanol–water partition coefficient (Wildman–Crippen LogP) is 3.79. The zero-order chi connectivity index (χ0) is 11.7. The molecule has 0 aliphatic heterocycles. The molecule has 0 amide bonds. The van der Waals surface area contributed by atoms with Crippen molar-refractivity contribution in [2.45, 2.75) is 26.2 Å². The molecule has 0 bridgehead atoms. The third-order valence-corrected chi connectivity index (χ3v) is 3.98. The topological polar surface area (TPSA) is 37.3 Å². The van der Waals surface area contributed by atoms with E-state index in [4.69, 9.17) is 0 Å². The van der Waals surface area contributed by atoms with Crippen molar-refractivity contribution in [2.24, 2.45) is 0 Å². The normalized spacial score (nSPS) is 12.9. The Hall–Kier alpha value is -1.35. The van der Waals surface area contributed by atoms with Gasteiger partial charge in [-0.2, -0.15) is 0 Å². The second-order valence-electron chi connectivity index (χ2n) is 3.87. The van der Waals surface area contributed by atoms with Crippen LogP contribution in [0.5, 0.6) is 0 Å². The van der Waals surface area contributed by atoms with E-state index in [0.717, 1.165) is 15.8 Å². The van der Waals surface area contributed by atoms with Crippen LogP contribution in [0, 0.1) is 6.92 Å². The van der Waals surface area contributed by atoms with E-state index in [1.807, 2.05) is 38.1 Å². The Morgan fingerprint density at radius 3 is 2.75 bits per heavy atom. The molecule has 0 saturated heterocycles. The maximum Gasteiger partial charge on any atom is 0.311 e. The molecule has 2 rings (SSSR count). The van der Waals surface area contributed by atoms with Crippen LogP contribution in [0.2, 0.25) is 0 Å². The van der Waals surface area contributed by atoms with Crippen LogP contribution in [0.4, 0.5) is 0 Å². The maximum atomic E-state index is 11.2. The molecule has 0 saturated carbocycles. The number of rotatable bonds is 3. The second-order valence-corrected chi connectivity index (χ2v) is 5.12. The number of aliphatic carboxylic acids is 1. The SMILES string of the molecule is CCC(C(=O)O)c1c(C)sc2ccccc12. The first kappa shape index (κ1) is 11.1. The van der Waals surface area contributed by atoms with Crippen molar-refractivity contribution in [1.82, 2.24) is 0 Å². The third-order valence-electron chi connectivity index (χ3n) is 2.87. The van der Waals surface area contributed by atoms with Crippen LogP contribution in [0.1, 0.15) is 29.7 Å². The van der Waals surface area contributed by atoms with Crippen LogP contribution < -0.4 is 0 Å². The van der Waals surface area contributed by atoms with E-state index < -0.39 is 5.97 Å². The van der Waals surface area contributed by atoms with Gasteiger partial charge in [0.2, 0.25) is 0 Å². The second kappa shape index (κ2) is 4.26. The van der Waals surface area contributed by atoms with E-state index >= 15 is 0 Å². The lowest BCUT2D eigenvalue weighted by molar-refractivity contribution is -0.138. The zero-order valence-corrected chi connectivity index (χ0v) is 10.2. The minimum atomic E-state index is -0.728. The van der Waals surface area contributed by atoms with Gasteiger partial charge in [-0.3, -0.25) is 4.79 Å². The molecular weight excluding hydrogens is 220 g/mol. The Labute approximate surface area is 98.5 Å². The minimum absolute atomic E-state index is 0.379. The molecular formula is C13H14O2S. The van der Waals surface area contributed by atoms with E-state index in [2.05, 4.69) is 0 Å². The fourth-order valence-electron chi connectivity index (χ4n) is 2.12. The largest absolute Gasteiger partial charge is 0.481 e. The standard InChI is InChI=1S/C13H14O2S/c1-3-9(13(14)15)12-8(2)16-11-7-5-4-6-10(11)12/h4-7,9H,3H2,1-2H3,(H,14,15). The van der Waals surface area contributed by atoms with E-state index in [1.54, 1.807) is 11.3 Å². The quantitative estimate of drug-likeness (QED) is 0.877.